The average Bonchev–Trinajstić information content (AvgIpc) is 2.64. The molecule has 0 fully saturated rings. The van der Waals surface area contributed by atoms with E-state index in [0.29, 0.717) is 30.5 Å². The largest absolute Gasteiger partial charge is 0.493 e. The van der Waals surface area contributed by atoms with E-state index in [9.17, 15) is 5.11 Å². The topological polar surface area (TPSA) is 62.8 Å². The van der Waals surface area contributed by atoms with Gasteiger partial charge in [-0.05, 0) is 19.1 Å². The highest BCUT2D eigenvalue weighted by molar-refractivity contribution is 6.31. The first kappa shape index (κ1) is 20.5. The molecular formula is C20H27ClN2O3. The molecule has 0 radical (unpaired) electrons. The van der Waals surface area contributed by atoms with E-state index in [0.717, 1.165) is 30.0 Å². The minimum Gasteiger partial charge on any atom is -0.493 e. The molecule has 2 aromatic rings. The quantitative estimate of drug-likeness (QED) is 0.525. The summed E-state index contributed by atoms with van der Waals surface area (Å²) in [6.07, 6.45) is -0.335. The van der Waals surface area contributed by atoms with Crippen molar-refractivity contribution in [1.82, 2.24) is 10.6 Å². The maximum atomic E-state index is 9.23. The molecule has 0 amide bonds. The molecule has 0 saturated carbocycles. The molecule has 0 aromatic heterocycles. The lowest BCUT2D eigenvalue weighted by Gasteiger charge is -2.16. The number of hydrogen-bond acceptors (Lipinski definition) is 5. The molecule has 0 aliphatic carbocycles. The maximum absolute atomic E-state index is 9.23. The number of hydrogen-bond donors (Lipinski definition) is 3. The van der Waals surface area contributed by atoms with Gasteiger partial charge in [-0.3, -0.25) is 0 Å². The summed E-state index contributed by atoms with van der Waals surface area (Å²) < 4.78 is 11.5. The number of aliphatic hydroxyl groups excluding tert-OH is 1. The van der Waals surface area contributed by atoms with E-state index in [1.54, 1.807) is 14.0 Å². The van der Waals surface area contributed by atoms with Crippen LogP contribution in [0.2, 0.25) is 5.02 Å². The highest BCUT2D eigenvalue weighted by Crippen LogP contribution is 2.32. The summed E-state index contributed by atoms with van der Waals surface area (Å²) in [4.78, 5) is 0. The first-order chi connectivity index (χ1) is 12.6. The Hall–Kier alpha value is -1.79. The van der Waals surface area contributed by atoms with Crippen LogP contribution in [0.5, 0.6) is 11.5 Å². The first-order valence-electron chi connectivity index (χ1n) is 8.73. The number of halogens is 1. The van der Waals surface area contributed by atoms with Crippen molar-refractivity contribution in [3.05, 3.63) is 58.6 Å². The Labute approximate surface area is 160 Å². The zero-order valence-electron chi connectivity index (χ0n) is 15.3. The standard InChI is InChI=1S/C20H27ClN2O3/c1-15(24)12-22-10-11-23-13-16-7-5-9-19(25-2)20(16)26-14-17-6-3-4-8-18(17)21/h3-9,15,22-24H,10-14H2,1-2H3/t15-/m0/s1. The van der Waals surface area contributed by atoms with E-state index in [2.05, 4.69) is 10.6 Å². The van der Waals surface area contributed by atoms with Crippen molar-refractivity contribution in [3.63, 3.8) is 0 Å². The second kappa shape index (κ2) is 11.0. The molecular weight excluding hydrogens is 352 g/mol. The zero-order chi connectivity index (χ0) is 18.8. The number of aliphatic hydroxyl groups is 1. The van der Waals surface area contributed by atoms with Crippen molar-refractivity contribution in [2.75, 3.05) is 26.7 Å². The van der Waals surface area contributed by atoms with Crippen molar-refractivity contribution >= 4 is 11.6 Å². The van der Waals surface area contributed by atoms with E-state index < -0.39 is 0 Å². The molecule has 0 saturated heterocycles. The average molecular weight is 379 g/mol. The highest BCUT2D eigenvalue weighted by Gasteiger charge is 2.11. The third kappa shape index (κ3) is 6.50. The van der Waals surface area contributed by atoms with E-state index in [1.165, 1.54) is 0 Å². The van der Waals surface area contributed by atoms with Gasteiger partial charge in [-0.1, -0.05) is 41.9 Å². The molecule has 0 aliphatic heterocycles. The Kier molecular flexibility index (Phi) is 8.71. The molecule has 2 rings (SSSR count). The predicted octanol–water partition coefficient (Wildman–Crippen LogP) is 2.99. The smallest absolute Gasteiger partial charge is 0.166 e. The summed E-state index contributed by atoms with van der Waals surface area (Å²) in [6.45, 7) is 4.96. The Morgan fingerprint density at radius 1 is 1.04 bits per heavy atom. The van der Waals surface area contributed by atoms with E-state index in [-0.39, 0.29) is 6.10 Å². The van der Waals surface area contributed by atoms with Crippen LogP contribution in [-0.4, -0.2) is 38.0 Å². The monoisotopic (exact) mass is 378 g/mol. The van der Waals surface area contributed by atoms with Gasteiger partial charge in [0, 0.05) is 42.3 Å². The van der Waals surface area contributed by atoms with Gasteiger partial charge in [0.25, 0.3) is 0 Å². The predicted molar refractivity (Wildman–Crippen MR) is 105 cm³/mol. The summed E-state index contributed by atoms with van der Waals surface area (Å²) >= 11 is 6.21. The Morgan fingerprint density at radius 3 is 2.50 bits per heavy atom. The summed E-state index contributed by atoms with van der Waals surface area (Å²) in [7, 11) is 1.63. The normalized spacial score (nSPS) is 12.0. The van der Waals surface area contributed by atoms with Gasteiger partial charge < -0.3 is 25.2 Å². The van der Waals surface area contributed by atoms with Gasteiger partial charge in [0.2, 0.25) is 0 Å². The van der Waals surface area contributed by atoms with Crippen molar-refractivity contribution in [1.29, 1.82) is 0 Å². The van der Waals surface area contributed by atoms with E-state index in [4.69, 9.17) is 21.1 Å². The van der Waals surface area contributed by atoms with E-state index in [1.807, 2.05) is 42.5 Å². The maximum Gasteiger partial charge on any atom is 0.166 e. The number of methoxy groups -OCH3 is 1. The molecule has 142 valence electrons. The van der Waals surface area contributed by atoms with Crippen LogP contribution in [0.4, 0.5) is 0 Å². The van der Waals surface area contributed by atoms with Gasteiger partial charge in [-0.25, -0.2) is 0 Å². The summed E-state index contributed by atoms with van der Waals surface area (Å²) in [5.74, 6) is 1.42. The Morgan fingerprint density at radius 2 is 1.77 bits per heavy atom. The van der Waals surface area contributed by atoms with Gasteiger partial charge in [0.1, 0.15) is 6.61 Å². The van der Waals surface area contributed by atoms with Crippen LogP contribution in [0.1, 0.15) is 18.1 Å². The van der Waals surface area contributed by atoms with Crippen molar-refractivity contribution < 1.29 is 14.6 Å². The molecule has 0 unspecified atom stereocenters. The summed E-state index contributed by atoms with van der Waals surface area (Å²) in [6, 6.07) is 13.5. The van der Waals surface area contributed by atoms with Crippen LogP contribution in [0.15, 0.2) is 42.5 Å². The zero-order valence-corrected chi connectivity index (χ0v) is 16.1. The Balaban J connectivity index is 1.95. The summed E-state index contributed by atoms with van der Waals surface area (Å²) in [5.41, 5.74) is 1.95. The first-order valence-corrected chi connectivity index (χ1v) is 9.11. The Bertz CT molecular complexity index is 680. The molecule has 1 atom stereocenters. The molecule has 0 bridgehead atoms. The number of ether oxygens (including phenoxy) is 2. The minimum absolute atomic E-state index is 0.335. The fourth-order valence-corrected chi connectivity index (χ4v) is 2.69. The molecule has 6 heteroatoms. The van der Waals surface area contributed by atoms with Crippen molar-refractivity contribution in [2.45, 2.75) is 26.2 Å². The second-order valence-corrected chi connectivity index (χ2v) is 6.47. The fourth-order valence-electron chi connectivity index (χ4n) is 2.50. The lowest BCUT2D eigenvalue weighted by Crippen LogP contribution is -2.31. The van der Waals surface area contributed by atoms with Gasteiger partial charge in [-0.2, -0.15) is 0 Å². The van der Waals surface area contributed by atoms with Crippen LogP contribution in [-0.2, 0) is 13.2 Å². The van der Waals surface area contributed by atoms with Crippen molar-refractivity contribution in [2.24, 2.45) is 0 Å². The van der Waals surface area contributed by atoms with Crippen LogP contribution in [0, 0.1) is 0 Å². The second-order valence-electron chi connectivity index (χ2n) is 6.06. The van der Waals surface area contributed by atoms with Gasteiger partial charge in [-0.15, -0.1) is 0 Å². The van der Waals surface area contributed by atoms with Crippen LogP contribution in [0.3, 0.4) is 0 Å². The van der Waals surface area contributed by atoms with Gasteiger partial charge in [0.05, 0.1) is 13.2 Å². The molecule has 5 nitrogen and oxygen atoms in total. The van der Waals surface area contributed by atoms with Gasteiger partial charge in [0.15, 0.2) is 11.5 Å². The number of nitrogens with one attached hydrogen (secondary N) is 2. The molecule has 0 spiro atoms. The third-order valence-electron chi connectivity index (χ3n) is 3.84. The third-order valence-corrected chi connectivity index (χ3v) is 4.21. The molecule has 26 heavy (non-hydrogen) atoms. The summed E-state index contributed by atoms with van der Waals surface area (Å²) in [5, 5.41) is 16.5. The molecule has 0 heterocycles. The van der Waals surface area contributed by atoms with Gasteiger partial charge >= 0.3 is 0 Å². The molecule has 2 aromatic carbocycles. The highest BCUT2D eigenvalue weighted by atomic mass is 35.5. The molecule has 0 aliphatic rings. The fraction of sp³-hybridized carbons (Fsp3) is 0.400. The van der Waals surface area contributed by atoms with Crippen LogP contribution in [0.25, 0.3) is 0 Å². The SMILES string of the molecule is COc1cccc(CNCCNC[C@H](C)O)c1OCc1ccccc1Cl. The molecule has 3 N–H and O–H groups in total. The number of benzene rings is 2. The lowest BCUT2D eigenvalue weighted by molar-refractivity contribution is 0.191. The van der Waals surface area contributed by atoms with Crippen LogP contribution < -0.4 is 20.1 Å². The lowest BCUT2D eigenvalue weighted by atomic mass is 10.1. The minimum atomic E-state index is -0.335. The van der Waals surface area contributed by atoms with Crippen molar-refractivity contribution in [3.8, 4) is 11.5 Å². The van der Waals surface area contributed by atoms with Crippen LogP contribution >= 0.6 is 11.6 Å². The van der Waals surface area contributed by atoms with E-state index >= 15 is 0 Å². The number of para-hydroxylation sites is 1. The number of rotatable bonds is 11.